The van der Waals surface area contributed by atoms with Crippen LogP contribution in [-0.4, -0.2) is 27.8 Å². The molecule has 1 N–H and O–H groups in total. The molecule has 132 valence electrons. The van der Waals surface area contributed by atoms with E-state index < -0.39 is 5.25 Å². The van der Waals surface area contributed by atoms with Crippen molar-refractivity contribution in [2.45, 2.75) is 25.5 Å². The van der Waals surface area contributed by atoms with E-state index in [2.05, 4.69) is 15.5 Å². The number of nitrogens with zero attached hydrogens (tertiary/aromatic N) is 2. The van der Waals surface area contributed by atoms with Gasteiger partial charge < -0.3 is 5.32 Å². The Kier molecular flexibility index (Phi) is 5.63. The van der Waals surface area contributed by atoms with Crippen molar-refractivity contribution in [3.05, 3.63) is 71.3 Å². The zero-order valence-corrected chi connectivity index (χ0v) is 15.4. The monoisotopic (exact) mass is 365 g/mol. The summed E-state index contributed by atoms with van der Waals surface area (Å²) in [6, 6.07) is 17.1. The minimum absolute atomic E-state index is 0.0529. The predicted molar refractivity (Wildman–Crippen MR) is 106 cm³/mol. The second-order valence-corrected chi connectivity index (χ2v) is 7.24. The number of Topliss-reactive ketones (excluding diaryl/α,β-unsaturated/α-hetero) is 1. The molecule has 1 unspecified atom stereocenters. The predicted octanol–water partition coefficient (Wildman–Crippen LogP) is 3.58. The Labute approximate surface area is 156 Å². The van der Waals surface area contributed by atoms with E-state index in [1.807, 2.05) is 56.3 Å². The zero-order valence-electron chi connectivity index (χ0n) is 14.6. The molecule has 26 heavy (non-hydrogen) atoms. The maximum Gasteiger partial charge on any atom is 0.240 e. The highest BCUT2D eigenvalue weighted by Crippen LogP contribution is 2.24. The van der Waals surface area contributed by atoms with Gasteiger partial charge in [0.05, 0.1) is 11.0 Å². The van der Waals surface area contributed by atoms with Crippen molar-refractivity contribution >= 4 is 34.3 Å². The summed E-state index contributed by atoms with van der Waals surface area (Å²) in [6.07, 6.45) is 0.139. The van der Waals surface area contributed by atoms with Crippen molar-refractivity contribution in [3.8, 4) is 0 Å². The maximum atomic E-state index is 12.4. The number of hydrogen-bond acceptors (Lipinski definition) is 5. The number of amidine groups is 1. The first-order valence-corrected chi connectivity index (χ1v) is 9.16. The number of nitrogens with one attached hydrogen (secondary N) is 1. The van der Waals surface area contributed by atoms with Crippen LogP contribution in [0.2, 0.25) is 0 Å². The molecular weight excluding hydrogens is 346 g/mol. The average molecular weight is 365 g/mol. The van der Waals surface area contributed by atoms with Crippen molar-refractivity contribution < 1.29 is 9.59 Å². The van der Waals surface area contributed by atoms with Gasteiger partial charge in [-0.25, -0.2) is 0 Å². The van der Waals surface area contributed by atoms with Crippen molar-refractivity contribution in [2.75, 3.05) is 0 Å². The largest absolute Gasteiger partial charge is 0.303 e. The van der Waals surface area contributed by atoms with Gasteiger partial charge >= 0.3 is 0 Å². The van der Waals surface area contributed by atoms with E-state index in [0.717, 1.165) is 16.8 Å². The average Bonchev–Trinajstić information content (AvgIpc) is 3.00. The third-order valence-corrected chi connectivity index (χ3v) is 5.08. The fourth-order valence-electron chi connectivity index (χ4n) is 2.47. The van der Waals surface area contributed by atoms with Crippen LogP contribution in [0.5, 0.6) is 0 Å². The lowest BCUT2D eigenvalue weighted by Gasteiger charge is -2.04. The summed E-state index contributed by atoms with van der Waals surface area (Å²) in [7, 11) is 0. The van der Waals surface area contributed by atoms with Crippen LogP contribution in [0, 0.1) is 6.92 Å². The second kappa shape index (κ2) is 8.10. The molecule has 0 aliphatic carbocycles. The molecule has 6 heteroatoms. The molecule has 1 atom stereocenters. The molecule has 1 heterocycles. The minimum atomic E-state index is -0.477. The fraction of sp³-hybridized carbons (Fsp3) is 0.200. The molecular formula is C20H19N3O2S. The van der Waals surface area contributed by atoms with E-state index in [0.29, 0.717) is 10.7 Å². The minimum Gasteiger partial charge on any atom is -0.303 e. The van der Waals surface area contributed by atoms with Crippen LogP contribution in [0.15, 0.2) is 64.8 Å². The molecule has 0 radical (unpaired) electrons. The Morgan fingerprint density at radius 2 is 1.77 bits per heavy atom. The van der Waals surface area contributed by atoms with Crippen LogP contribution in [0.25, 0.3) is 0 Å². The SMILES string of the molecule is C/C(=N\N=C1/NC(=O)C(CC(=O)c2ccc(C)cc2)S1)c1ccccc1. The summed E-state index contributed by atoms with van der Waals surface area (Å²) in [5.41, 5.74) is 3.44. The van der Waals surface area contributed by atoms with Crippen LogP contribution in [0.3, 0.4) is 0 Å². The Hall–Kier alpha value is -2.73. The first-order chi connectivity index (χ1) is 12.5. The van der Waals surface area contributed by atoms with Crippen LogP contribution < -0.4 is 5.32 Å². The van der Waals surface area contributed by atoms with Crippen LogP contribution in [0.4, 0.5) is 0 Å². The van der Waals surface area contributed by atoms with E-state index in [1.54, 1.807) is 12.1 Å². The van der Waals surface area contributed by atoms with Gasteiger partial charge in [-0.1, -0.05) is 71.9 Å². The molecule has 5 nitrogen and oxygen atoms in total. The molecule has 3 rings (SSSR count). The molecule has 1 aliphatic heterocycles. The van der Waals surface area contributed by atoms with E-state index >= 15 is 0 Å². The lowest BCUT2D eigenvalue weighted by atomic mass is 10.0. The molecule has 2 aromatic carbocycles. The van der Waals surface area contributed by atoms with Gasteiger partial charge in [0.25, 0.3) is 0 Å². The summed E-state index contributed by atoms with van der Waals surface area (Å²) < 4.78 is 0. The fourth-order valence-corrected chi connectivity index (χ4v) is 3.39. The number of benzene rings is 2. The lowest BCUT2D eigenvalue weighted by molar-refractivity contribution is -0.118. The second-order valence-electron chi connectivity index (χ2n) is 6.05. The normalized spacial score (nSPS) is 18.8. The number of amides is 1. The highest BCUT2D eigenvalue weighted by atomic mass is 32.2. The zero-order chi connectivity index (χ0) is 18.5. The maximum absolute atomic E-state index is 12.4. The lowest BCUT2D eigenvalue weighted by Crippen LogP contribution is -2.26. The number of carbonyl (C=O) groups is 2. The van der Waals surface area contributed by atoms with Crippen molar-refractivity contribution in [2.24, 2.45) is 10.2 Å². The molecule has 2 aromatic rings. The van der Waals surface area contributed by atoms with Gasteiger partial charge in [-0.3, -0.25) is 9.59 Å². The topological polar surface area (TPSA) is 70.9 Å². The number of rotatable bonds is 5. The van der Waals surface area contributed by atoms with Crippen LogP contribution >= 0.6 is 11.8 Å². The van der Waals surface area contributed by atoms with Gasteiger partial charge in [0, 0.05) is 12.0 Å². The van der Waals surface area contributed by atoms with E-state index in [-0.39, 0.29) is 18.1 Å². The van der Waals surface area contributed by atoms with Gasteiger partial charge in [-0.05, 0) is 19.4 Å². The number of carbonyl (C=O) groups excluding carboxylic acids is 2. The quantitative estimate of drug-likeness (QED) is 0.500. The molecule has 0 saturated carbocycles. The molecule has 1 aliphatic rings. The van der Waals surface area contributed by atoms with E-state index in [1.165, 1.54) is 11.8 Å². The van der Waals surface area contributed by atoms with Crippen molar-refractivity contribution in [3.63, 3.8) is 0 Å². The third-order valence-electron chi connectivity index (χ3n) is 4.00. The Bertz CT molecular complexity index is 874. The third kappa shape index (κ3) is 4.46. The first-order valence-electron chi connectivity index (χ1n) is 8.28. The highest BCUT2D eigenvalue weighted by molar-refractivity contribution is 8.15. The van der Waals surface area contributed by atoms with E-state index in [4.69, 9.17) is 0 Å². The summed E-state index contributed by atoms with van der Waals surface area (Å²) in [5, 5.41) is 10.9. The Morgan fingerprint density at radius 3 is 2.46 bits per heavy atom. The molecule has 1 fully saturated rings. The summed E-state index contributed by atoms with van der Waals surface area (Å²) in [4.78, 5) is 24.5. The van der Waals surface area contributed by atoms with Gasteiger partial charge in [0.1, 0.15) is 0 Å². The van der Waals surface area contributed by atoms with Crippen molar-refractivity contribution in [1.82, 2.24) is 5.32 Å². The Balaban J connectivity index is 1.65. The molecule has 0 spiro atoms. The Morgan fingerprint density at radius 1 is 1.08 bits per heavy atom. The van der Waals surface area contributed by atoms with Gasteiger partial charge in [0.15, 0.2) is 11.0 Å². The summed E-state index contributed by atoms with van der Waals surface area (Å²) >= 11 is 1.24. The smallest absolute Gasteiger partial charge is 0.240 e. The highest BCUT2D eigenvalue weighted by Gasteiger charge is 2.32. The standard InChI is InChI=1S/C20H19N3O2S/c1-13-8-10-16(11-9-13)17(24)12-18-19(25)21-20(26-18)23-22-14(2)15-6-4-3-5-7-15/h3-11,18H,12H2,1-2H3,(H,21,23,25)/b22-14+. The number of thioether (sulfide) groups is 1. The van der Waals surface area contributed by atoms with Crippen LogP contribution in [0.1, 0.15) is 34.8 Å². The van der Waals surface area contributed by atoms with Crippen molar-refractivity contribution in [1.29, 1.82) is 0 Å². The van der Waals surface area contributed by atoms with Gasteiger partial charge in [-0.15, -0.1) is 5.10 Å². The molecule has 0 aromatic heterocycles. The molecule has 1 amide bonds. The number of hydrogen-bond donors (Lipinski definition) is 1. The van der Waals surface area contributed by atoms with Crippen LogP contribution in [-0.2, 0) is 4.79 Å². The first kappa shape index (κ1) is 18.1. The summed E-state index contributed by atoms with van der Waals surface area (Å²) in [5.74, 6) is -0.260. The van der Waals surface area contributed by atoms with Gasteiger partial charge in [0.2, 0.25) is 5.91 Å². The van der Waals surface area contributed by atoms with Gasteiger partial charge in [-0.2, -0.15) is 5.10 Å². The number of aryl methyl sites for hydroxylation is 1. The molecule has 0 bridgehead atoms. The van der Waals surface area contributed by atoms with E-state index in [9.17, 15) is 9.59 Å². The molecule has 1 saturated heterocycles. The number of ketones is 1. The summed E-state index contributed by atoms with van der Waals surface area (Å²) in [6.45, 7) is 3.83.